The second kappa shape index (κ2) is 7.32. The van der Waals surface area contributed by atoms with Crippen LogP contribution in [0.15, 0.2) is 18.2 Å². The van der Waals surface area contributed by atoms with E-state index in [0.29, 0.717) is 25.4 Å². The van der Waals surface area contributed by atoms with Crippen molar-refractivity contribution in [3.05, 3.63) is 28.5 Å². The Balaban J connectivity index is 2.43. The number of phenolic OH excluding ortho intramolecular Hbond substituents is 1. The molecule has 0 atom stereocenters. The Kier molecular flexibility index (Phi) is 6.07. The molecule has 0 bridgehead atoms. The van der Waals surface area contributed by atoms with E-state index < -0.39 is 10.0 Å². The lowest BCUT2D eigenvalue weighted by molar-refractivity contribution is -0.667. The maximum atomic E-state index is 10.8. The lowest BCUT2D eigenvalue weighted by Crippen LogP contribution is -2.83. The van der Waals surface area contributed by atoms with Crippen molar-refractivity contribution in [2.45, 2.75) is 13.5 Å². The number of rotatable bonds is 8. The molecular weight excluding hydrogens is 268 g/mol. The van der Waals surface area contributed by atoms with Crippen molar-refractivity contribution in [3.63, 3.8) is 0 Å². The lowest BCUT2D eigenvalue weighted by atomic mass is 10.2. The van der Waals surface area contributed by atoms with Gasteiger partial charge in [0.15, 0.2) is 11.5 Å². The molecule has 7 heteroatoms. The number of aromatic hydroxyl groups is 1. The molecule has 0 aliphatic carbocycles. The van der Waals surface area contributed by atoms with Gasteiger partial charge in [0.25, 0.3) is 0 Å². The summed E-state index contributed by atoms with van der Waals surface area (Å²) in [5, 5.41) is 11.8. The van der Waals surface area contributed by atoms with Gasteiger partial charge in [-0.05, 0) is 19.1 Å². The minimum absolute atomic E-state index is 0.139. The molecule has 0 fully saturated rings. The third-order valence-corrected chi connectivity index (χ3v) is 3.06. The molecule has 0 aliphatic rings. The zero-order valence-corrected chi connectivity index (χ0v) is 12.0. The van der Waals surface area contributed by atoms with E-state index in [4.69, 9.17) is 4.74 Å². The average molecular weight is 288 g/mol. The molecule has 0 radical (unpaired) electrons. The summed E-state index contributed by atoms with van der Waals surface area (Å²) in [6, 6.07) is 5.33. The Morgan fingerprint density at radius 2 is 2.16 bits per heavy atom. The van der Waals surface area contributed by atoms with Crippen LogP contribution >= 0.6 is 0 Å². The quantitative estimate of drug-likeness (QED) is 0.668. The van der Waals surface area contributed by atoms with E-state index in [9.17, 15) is 13.5 Å². The van der Waals surface area contributed by atoms with Gasteiger partial charge in [0.1, 0.15) is 6.54 Å². The van der Waals surface area contributed by atoms with Crippen molar-refractivity contribution < 1.29 is 23.6 Å². The minimum atomic E-state index is -3.26. The van der Waals surface area contributed by atoms with Crippen LogP contribution in [0.5, 0.6) is 11.5 Å². The monoisotopic (exact) mass is 288 g/mol. The van der Waals surface area contributed by atoms with E-state index in [1.165, 1.54) is 0 Å². The summed E-state index contributed by atoms with van der Waals surface area (Å²) >= 11 is 0. The number of para-hydroxylation sites is 1. The number of benzene rings is 1. The fourth-order valence-electron chi connectivity index (χ4n) is 1.57. The highest BCUT2D eigenvalue weighted by atomic mass is 32.2. The molecule has 0 unspecified atom stereocenters. The summed E-state index contributed by atoms with van der Waals surface area (Å²) in [7, 11) is -3.26. The van der Waals surface area contributed by atoms with Crippen LogP contribution in [-0.2, 0) is 16.6 Å². The molecule has 19 heavy (non-hydrogen) atoms. The Hall–Kier alpha value is -1.31. The Labute approximate surface area is 113 Å². The molecule has 0 spiro atoms. The first-order chi connectivity index (χ1) is 8.94. The number of quaternary nitrogens is 1. The van der Waals surface area contributed by atoms with Crippen LogP contribution in [0, 0.1) is 0 Å². The van der Waals surface area contributed by atoms with E-state index in [1.54, 1.807) is 6.07 Å². The van der Waals surface area contributed by atoms with Crippen molar-refractivity contribution in [1.82, 2.24) is 0 Å². The first-order valence-electron chi connectivity index (χ1n) is 6.08. The number of ether oxygens (including phenoxy) is 1. The fourth-order valence-corrected chi connectivity index (χ4v) is 2.01. The maximum Gasteiger partial charge on any atom is 0.166 e. The summed E-state index contributed by atoms with van der Waals surface area (Å²) in [4.78, 5) is 0. The molecule has 0 heterocycles. The van der Waals surface area contributed by atoms with Gasteiger partial charge in [0.2, 0.25) is 0 Å². The van der Waals surface area contributed by atoms with Gasteiger partial charge < -0.3 is 19.9 Å². The zero-order chi connectivity index (χ0) is 14.3. The largest absolute Gasteiger partial charge is 0.545 e. The number of nitrogens with two attached hydrogens (primary N) is 1. The van der Waals surface area contributed by atoms with Crippen molar-refractivity contribution in [2.24, 2.45) is 0 Å². The standard InChI is InChI=1S/C12H19N2O4S/c1-3-18-11-6-4-5-10(12(11)15)9-13-7-8-14-19(2,16)17/h4-6,13,15H,3,7-9H2,1-2H3/q-1/p+1. The zero-order valence-electron chi connectivity index (χ0n) is 11.2. The molecule has 1 aromatic rings. The van der Waals surface area contributed by atoms with Crippen LogP contribution in [0.3, 0.4) is 0 Å². The van der Waals surface area contributed by atoms with E-state index in [1.807, 2.05) is 24.4 Å². The fraction of sp³-hybridized carbons (Fsp3) is 0.500. The van der Waals surface area contributed by atoms with Crippen molar-refractivity contribution in [1.29, 1.82) is 0 Å². The topological polar surface area (TPSA) is 94.3 Å². The number of sulfonamides is 1. The number of phenols is 1. The molecular formula is C12H20N2O4S. The Morgan fingerprint density at radius 1 is 1.42 bits per heavy atom. The van der Waals surface area contributed by atoms with Crippen LogP contribution in [0.2, 0.25) is 0 Å². The first-order valence-corrected chi connectivity index (χ1v) is 7.93. The van der Waals surface area contributed by atoms with Gasteiger partial charge in [-0.2, -0.15) is 0 Å². The molecule has 0 amide bonds. The number of hydrogen-bond donors (Lipinski definition) is 2. The molecule has 0 aliphatic heterocycles. The van der Waals surface area contributed by atoms with Gasteiger partial charge in [-0.3, -0.25) is 0 Å². The van der Waals surface area contributed by atoms with E-state index in [-0.39, 0.29) is 12.3 Å². The Bertz CT molecular complexity index is 502. The molecule has 1 aromatic carbocycles. The highest BCUT2D eigenvalue weighted by Gasteiger charge is 2.08. The molecule has 3 N–H and O–H groups in total. The molecule has 0 aromatic heterocycles. The second-order valence-electron chi connectivity index (χ2n) is 4.06. The van der Waals surface area contributed by atoms with E-state index in [0.717, 1.165) is 11.8 Å². The van der Waals surface area contributed by atoms with Gasteiger partial charge in [-0.15, -0.1) is 0 Å². The van der Waals surface area contributed by atoms with E-state index >= 15 is 0 Å². The van der Waals surface area contributed by atoms with Gasteiger partial charge in [-0.1, -0.05) is 12.6 Å². The highest BCUT2D eigenvalue weighted by Crippen LogP contribution is 2.28. The third-order valence-electron chi connectivity index (χ3n) is 2.41. The van der Waals surface area contributed by atoms with Crippen molar-refractivity contribution in [3.8, 4) is 11.5 Å². The molecule has 108 valence electrons. The van der Waals surface area contributed by atoms with Crippen molar-refractivity contribution >= 4 is 10.0 Å². The summed E-state index contributed by atoms with van der Waals surface area (Å²) in [6.07, 6.45) is 1.07. The highest BCUT2D eigenvalue weighted by molar-refractivity contribution is 7.93. The van der Waals surface area contributed by atoms with Crippen LogP contribution < -0.4 is 10.1 Å². The predicted octanol–water partition coefficient (Wildman–Crippen LogP) is 0.188. The normalized spacial score (nSPS) is 11.5. The molecule has 0 saturated carbocycles. The summed E-state index contributed by atoms with van der Waals surface area (Å²) in [5.74, 6) is 0.606. The lowest BCUT2D eigenvalue weighted by Gasteiger charge is -2.15. The first kappa shape index (κ1) is 15.7. The Morgan fingerprint density at radius 3 is 2.79 bits per heavy atom. The maximum absolute atomic E-state index is 10.8. The molecule has 1 rings (SSSR count). The molecule has 6 nitrogen and oxygen atoms in total. The van der Waals surface area contributed by atoms with Crippen molar-refractivity contribution in [2.75, 3.05) is 26.0 Å². The number of nitrogens with zero attached hydrogens (tertiary/aromatic N) is 1. The third kappa shape index (κ3) is 5.91. The van der Waals surface area contributed by atoms with Crippen LogP contribution in [-0.4, -0.2) is 39.5 Å². The summed E-state index contributed by atoms with van der Waals surface area (Å²) in [5.41, 5.74) is 0.755. The van der Waals surface area contributed by atoms with Crippen LogP contribution in [0.25, 0.3) is 4.72 Å². The van der Waals surface area contributed by atoms with Gasteiger partial charge >= 0.3 is 0 Å². The van der Waals surface area contributed by atoms with E-state index in [2.05, 4.69) is 4.72 Å². The minimum Gasteiger partial charge on any atom is -0.545 e. The van der Waals surface area contributed by atoms with Gasteiger partial charge in [-0.25, -0.2) is 8.42 Å². The second-order valence-corrected chi connectivity index (χ2v) is 5.79. The van der Waals surface area contributed by atoms with Crippen LogP contribution in [0.4, 0.5) is 0 Å². The smallest absolute Gasteiger partial charge is 0.166 e. The van der Waals surface area contributed by atoms with Gasteiger partial charge in [0, 0.05) is 6.26 Å². The van der Waals surface area contributed by atoms with Crippen LogP contribution in [0.1, 0.15) is 12.5 Å². The molecule has 0 saturated heterocycles. The number of hydrogen-bond acceptors (Lipinski definition) is 4. The van der Waals surface area contributed by atoms with Gasteiger partial charge in [0.05, 0.1) is 28.7 Å². The summed E-state index contributed by atoms with van der Waals surface area (Å²) < 4.78 is 30.4. The predicted molar refractivity (Wildman–Crippen MR) is 72.8 cm³/mol. The SMILES string of the molecule is CCOc1cccc(C[NH2+]CC[N-]S(C)(=O)=O)c1O. The average Bonchev–Trinajstić information content (AvgIpc) is 2.32. The summed E-state index contributed by atoms with van der Waals surface area (Å²) in [6.45, 7) is 3.68.